The highest BCUT2D eigenvalue weighted by Gasteiger charge is 2.18. The third kappa shape index (κ3) is 3.97. The number of nitrogens with zero attached hydrogens (tertiary/aromatic N) is 3. The Hall–Kier alpha value is -2.28. The van der Waals surface area contributed by atoms with Gasteiger partial charge in [0.1, 0.15) is 11.7 Å². The van der Waals surface area contributed by atoms with Crippen molar-refractivity contribution in [2.24, 2.45) is 0 Å². The first-order valence-electron chi connectivity index (χ1n) is 7.39. The van der Waals surface area contributed by atoms with Gasteiger partial charge in [0.15, 0.2) is 10.7 Å². The zero-order valence-electron chi connectivity index (χ0n) is 13.7. The van der Waals surface area contributed by atoms with Crippen molar-refractivity contribution in [1.29, 1.82) is 0 Å². The first kappa shape index (κ1) is 18.1. The van der Waals surface area contributed by atoms with E-state index in [9.17, 15) is 12.8 Å². The molecule has 2 aromatic rings. The molecule has 0 aliphatic heterocycles. The van der Waals surface area contributed by atoms with Crippen molar-refractivity contribution < 1.29 is 12.8 Å². The van der Waals surface area contributed by atoms with Crippen molar-refractivity contribution in [1.82, 2.24) is 9.97 Å². The highest BCUT2D eigenvalue weighted by Crippen LogP contribution is 2.30. The Labute approximate surface area is 142 Å². The lowest BCUT2D eigenvalue weighted by atomic mass is 9.98. The monoisotopic (exact) mass is 348 g/mol. The Morgan fingerprint density at radius 3 is 2.38 bits per heavy atom. The molecule has 1 radical (unpaired) electrons. The minimum atomic E-state index is -2.60. The van der Waals surface area contributed by atoms with Gasteiger partial charge in [-0.05, 0) is 30.2 Å². The summed E-state index contributed by atoms with van der Waals surface area (Å²) < 4.78 is 35.2. The number of benzene rings is 1. The van der Waals surface area contributed by atoms with Gasteiger partial charge in [0, 0.05) is 18.2 Å². The summed E-state index contributed by atoms with van der Waals surface area (Å²) in [6, 6.07) is 5.88. The largest absolute Gasteiger partial charge is 0.330 e. The second kappa shape index (κ2) is 7.53. The molecule has 1 heterocycles. The highest BCUT2D eigenvalue weighted by atomic mass is 32.2. The molecule has 0 N–H and O–H groups in total. The predicted molar refractivity (Wildman–Crippen MR) is 93.9 cm³/mol. The molecule has 0 amide bonds. The molecular weight excluding hydrogens is 329 g/mol. The molecule has 1 aromatic heterocycles. The highest BCUT2D eigenvalue weighted by molar-refractivity contribution is 7.72. The number of rotatable bonds is 6. The molecule has 0 fully saturated rings. The van der Waals surface area contributed by atoms with Crippen LogP contribution in [0.15, 0.2) is 24.3 Å². The van der Waals surface area contributed by atoms with Gasteiger partial charge in [0.05, 0.1) is 11.4 Å². The van der Waals surface area contributed by atoms with Crippen LogP contribution < -0.4 is 4.90 Å². The Bertz CT molecular complexity index is 809. The minimum absolute atomic E-state index is 0.0511. The summed E-state index contributed by atoms with van der Waals surface area (Å²) in [6.07, 6.45) is 1.42. The maximum Gasteiger partial charge on any atom is 0.226 e. The molecule has 0 bridgehead atoms. The van der Waals surface area contributed by atoms with Gasteiger partial charge >= 0.3 is 0 Å². The molecule has 2 rings (SSSR count). The lowest BCUT2D eigenvalue weighted by Gasteiger charge is -2.20. The minimum Gasteiger partial charge on any atom is -0.330 e. The maximum atomic E-state index is 13.2. The van der Waals surface area contributed by atoms with Crippen molar-refractivity contribution in [2.75, 3.05) is 17.8 Å². The quantitative estimate of drug-likeness (QED) is 0.814. The summed E-state index contributed by atoms with van der Waals surface area (Å²) in [7, 11) is -1.00. The fourth-order valence-corrected chi connectivity index (χ4v) is 2.79. The average Bonchev–Trinajstić information content (AvgIpc) is 2.53. The molecule has 0 aliphatic carbocycles. The van der Waals surface area contributed by atoms with Crippen LogP contribution in [0.2, 0.25) is 0 Å². The summed E-state index contributed by atoms with van der Waals surface area (Å²) in [5, 5.41) is 0. The van der Waals surface area contributed by atoms with E-state index in [-0.39, 0.29) is 23.6 Å². The Morgan fingerprint density at radius 1 is 1.25 bits per heavy atom. The van der Waals surface area contributed by atoms with E-state index in [2.05, 4.69) is 9.97 Å². The number of halogens is 1. The molecule has 5 nitrogen and oxygen atoms in total. The van der Waals surface area contributed by atoms with E-state index < -0.39 is 10.7 Å². The van der Waals surface area contributed by atoms with Crippen LogP contribution in [-0.4, -0.2) is 31.3 Å². The lowest BCUT2D eigenvalue weighted by Crippen LogP contribution is -2.23. The molecule has 0 atom stereocenters. The van der Waals surface area contributed by atoms with Gasteiger partial charge in [-0.3, -0.25) is 0 Å². The maximum absolute atomic E-state index is 13.2. The average molecular weight is 348 g/mol. The summed E-state index contributed by atoms with van der Waals surface area (Å²) in [5.41, 5.74) is 2.58. The zero-order chi connectivity index (χ0) is 17.9. The Kier molecular flexibility index (Phi) is 5.66. The van der Waals surface area contributed by atoms with Gasteiger partial charge in [0.2, 0.25) is 5.95 Å². The SMILES string of the molecule is [CH]=Cc1c(-c2ccc(F)cc2)nc(N(C)C[SH](=O)=O)nc1C(C)C. The number of aromatic nitrogens is 2. The molecule has 0 unspecified atom stereocenters. The third-order valence-corrected chi connectivity index (χ3v) is 4.12. The van der Waals surface area contributed by atoms with Crippen molar-refractivity contribution >= 4 is 22.7 Å². The van der Waals surface area contributed by atoms with Crippen LogP contribution >= 0.6 is 0 Å². The van der Waals surface area contributed by atoms with Crippen LogP contribution in [0.1, 0.15) is 31.0 Å². The fourth-order valence-electron chi connectivity index (χ4n) is 2.31. The van der Waals surface area contributed by atoms with Gasteiger partial charge in [-0.25, -0.2) is 22.8 Å². The molecular formula is C17H19FN3O2S. The summed E-state index contributed by atoms with van der Waals surface area (Å²) in [6.45, 7) is 9.69. The number of hydrogen-bond donors (Lipinski definition) is 1. The topological polar surface area (TPSA) is 63.2 Å². The van der Waals surface area contributed by atoms with Gasteiger partial charge in [-0.2, -0.15) is 0 Å². The van der Waals surface area contributed by atoms with Crippen molar-refractivity contribution in [3.63, 3.8) is 0 Å². The predicted octanol–water partition coefficient (Wildman–Crippen LogP) is 2.86. The molecule has 0 saturated carbocycles. The lowest BCUT2D eigenvalue weighted by molar-refractivity contribution is 0.613. The second-order valence-corrected chi connectivity index (χ2v) is 6.62. The number of anilines is 1. The van der Waals surface area contributed by atoms with Crippen LogP contribution in [0.4, 0.5) is 10.3 Å². The molecule has 127 valence electrons. The van der Waals surface area contributed by atoms with E-state index >= 15 is 0 Å². The van der Waals surface area contributed by atoms with E-state index in [0.717, 1.165) is 0 Å². The van der Waals surface area contributed by atoms with Crippen LogP contribution in [0.5, 0.6) is 0 Å². The first-order valence-corrected chi connectivity index (χ1v) is 8.75. The molecule has 0 saturated heterocycles. The Balaban J connectivity index is 2.68. The smallest absolute Gasteiger partial charge is 0.226 e. The number of thiol groups is 1. The summed E-state index contributed by atoms with van der Waals surface area (Å²) in [4.78, 5) is 10.4. The van der Waals surface area contributed by atoms with Gasteiger partial charge in [-0.15, -0.1) is 0 Å². The standard InChI is InChI=1S/C17H19FN3O2S/c1-5-14-15(11(2)3)19-17(21(4)10-24(22)23)20-16(14)12-6-8-13(18)9-7-12/h1,5-9,11,24H,10H2,2-4H3. The van der Waals surface area contributed by atoms with Gasteiger partial charge < -0.3 is 4.90 Å². The van der Waals surface area contributed by atoms with Crippen LogP contribution in [0.3, 0.4) is 0 Å². The van der Waals surface area contributed by atoms with Gasteiger partial charge in [0.25, 0.3) is 0 Å². The normalized spacial score (nSPS) is 11.1. The molecule has 0 aliphatic rings. The van der Waals surface area contributed by atoms with Crippen LogP contribution in [0.25, 0.3) is 17.3 Å². The van der Waals surface area contributed by atoms with Crippen LogP contribution in [0, 0.1) is 12.4 Å². The van der Waals surface area contributed by atoms with E-state index in [1.807, 2.05) is 13.8 Å². The van der Waals surface area contributed by atoms with Crippen molar-refractivity contribution in [3.8, 4) is 11.3 Å². The molecule has 1 aromatic carbocycles. The van der Waals surface area contributed by atoms with Crippen molar-refractivity contribution in [2.45, 2.75) is 19.8 Å². The van der Waals surface area contributed by atoms with E-state index in [1.54, 1.807) is 19.2 Å². The van der Waals surface area contributed by atoms with E-state index in [1.165, 1.54) is 23.1 Å². The Morgan fingerprint density at radius 2 is 1.88 bits per heavy atom. The second-order valence-electron chi connectivity index (χ2n) is 5.67. The fraction of sp³-hybridized carbons (Fsp3) is 0.294. The summed E-state index contributed by atoms with van der Waals surface area (Å²) >= 11 is 0. The van der Waals surface area contributed by atoms with E-state index in [0.29, 0.717) is 22.5 Å². The van der Waals surface area contributed by atoms with Crippen molar-refractivity contribution in [3.05, 3.63) is 47.9 Å². The number of hydrogen-bond acceptors (Lipinski definition) is 5. The molecule has 24 heavy (non-hydrogen) atoms. The van der Waals surface area contributed by atoms with E-state index in [4.69, 9.17) is 6.58 Å². The molecule has 7 heteroatoms. The molecule has 0 spiro atoms. The zero-order valence-corrected chi connectivity index (χ0v) is 14.6. The van der Waals surface area contributed by atoms with Crippen LogP contribution in [-0.2, 0) is 10.7 Å². The first-order chi connectivity index (χ1) is 11.3. The third-order valence-electron chi connectivity index (χ3n) is 3.46. The van der Waals surface area contributed by atoms with Gasteiger partial charge in [-0.1, -0.05) is 26.5 Å². The summed E-state index contributed by atoms with van der Waals surface area (Å²) in [5.74, 6) is -0.213.